The van der Waals surface area contributed by atoms with Gasteiger partial charge < -0.3 is 9.80 Å². The molecule has 2 heterocycles. The topological polar surface area (TPSA) is 58.4 Å². The van der Waals surface area contributed by atoms with E-state index in [1.54, 1.807) is 19.9 Å². The molecule has 0 unspecified atom stereocenters. The number of piperazine rings is 1. The van der Waals surface area contributed by atoms with Crippen LogP contribution in [0.3, 0.4) is 0 Å². The lowest BCUT2D eigenvalue weighted by Crippen LogP contribution is -2.50. The molecule has 178 valence electrons. The van der Waals surface area contributed by atoms with Crippen LogP contribution < -0.4 is 4.90 Å². The molecule has 1 amide bonds. The minimum atomic E-state index is -4.51. The first-order chi connectivity index (χ1) is 16.1. The van der Waals surface area contributed by atoms with Gasteiger partial charge in [-0.15, -0.1) is 0 Å². The second-order valence-electron chi connectivity index (χ2n) is 8.09. The molecule has 0 N–H and O–H groups in total. The van der Waals surface area contributed by atoms with Gasteiger partial charge in [0.15, 0.2) is 0 Å². The number of hydrogen-bond donors (Lipinski definition) is 0. The Bertz CT molecular complexity index is 1250. The molecule has 0 atom stereocenters. The number of rotatable bonds is 4. The zero-order valence-electron chi connectivity index (χ0n) is 18.6. The summed E-state index contributed by atoms with van der Waals surface area (Å²) in [7, 11) is 0. The number of carbonyl (C=O) groups is 2. The fourth-order valence-corrected chi connectivity index (χ4v) is 4.31. The molecule has 3 aromatic rings. The quantitative estimate of drug-likeness (QED) is 0.393. The summed E-state index contributed by atoms with van der Waals surface area (Å²) in [5, 5.41) is 4.87. The molecule has 1 fully saturated rings. The van der Waals surface area contributed by atoms with Gasteiger partial charge in [0.2, 0.25) is 0 Å². The third kappa shape index (κ3) is 4.65. The van der Waals surface area contributed by atoms with E-state index in [4.69, 9.17) is 11.6 Å². The molecule has 1 saturated heterocycles. The normalized spacial score (nSPS) is 14.4. The molecule has 1 aromatic heterocycles. The smallest absolute Gasteiger partial charge is 0.368 e. The van der Waals surface area contributed by atoms with Gasteiger partial charge in [0.25, 0.3) is 11.7 Å². The van der Waals surface area contributed by atoms with Crippen molar-refractivity contribution in [1.29, 1.82) is 0 Å². The number of Topliss-reactive ketones (excluding diaryl/α,β-unsaturated/α-hetero) is 1. The van der Waals surface area contributed by atoms with Crippen LogP contribution in [-0.4, -0.2) is 52.5 Å². The lowest BCUT2D eigenvalue weighted by atomic mass is 10.1. The van der Waals surface area contributed by atoms with Crippen molar-refractivity contribution in [3.05, 3.63) is 76.1 Å². The summed E-state index contributed by atoms with van der Waals surface area (Å²) in [5.41, 5.74) is 0.995. The summed E-state index contributed by atoms with van der Waals surface area (Å²) in [6, 6.07) is 12.1. The highest BCUT2D eigenvalue weighted by Gasteiger charge is 2.33. The Morgan fingerprint density at radius 1 is 0.941 bits per heavy atom. The average molecular weight is 491 g/mol. The van der Waals surface area contributed by atoms with Gasteiger partial charge in [-0.05, 0) is 50.2 Å². The van der Waals surface area contributed by atoms with Crippen molar-refractivity contribution < 1.29 is 22.8 Å². The molecule has 0 radical (unpaired) electrons. The number of hydrogen-bond acceptors (Lipinski definition) is 4. The van der Waals surface area contributed by atoms with Crippen molar-refractivity contribution in [2.75, 3.05) is 31.1 Å². The Morgan fingerprint density at radius 3 is 2.24 bits per heavy atom. The van der Waals surface area contributed by atoms with E-state index >= 15 is 0 Å². The maximum absolute atomic E-state index is 13.1. The zero-order chi connectivity index (χ0) is 24.6. The maximum atomic E-state index is 13.1. The number of nitrogens with zero attached hydrogens (tertiary/aromatic N) is 4. The van der Waals surface area contributed by atoms with Gasteiger partial charge in [-0.1, -0.05) is 23.7 Å². The summed E-state index contributed by atoms with van der Waals surface area (Å²) in [5.74, 6) is -1.37. The van der Waals surface area contributed by atoms with E-state index in [2.05, 4.69) is 10.00 Å². The highest BCUT2D eigenvalue weighted by molar-refractivity contribution is 6.43. The largest absolute Gasteiger partial charge is 0.416 e. The van der Waals surface area contributed by atoms with Gasteiger partial charge in [-0.3, -0.25) is 9.59 Å². The molecule has 6 nitrogen and oxygen atoms in total. The number of carbonyl (C=O) groups excluding carboxylic acids is 2. The van der Waals surface area contributed by atoms with E-state index in [0.717, 1.165) is 17.8 Å². The van der Waals surface area contributed by atoms with Crippen molar-refractivity contribution in [2.24, 2.45) is 0 Å². The number of halogens is 4. The number of aryl methyl sites for hydroxylation is 1. The Balaban J connectivity index is 1.52. The van der Waals surface area contributed by atoms with Gasteiger partial charge in [-0.2, -0.15) is 18.3 Å². The van der Waals surface area contributed by atoms with Crippen LogP contribution in [0.1, 0.15) is 27.3 Å². The maximum Gasteiger partial charge on any atom is 0.416 e. The Labute approximate surface area is 199 Å². The minimum absolute atomic E-state index is 0.111. The van der Waals surface area contributed by atoms with Gasteiger partial charge in [0.05, 0.1) is 28.2 Å². The first-order valence-electron chi connectivity index (χ1n) is 10.6. The van der Waals surface area contributed by atoms with E-state index in [1.165, 1.54) is 21.7 Å². The van der Waals surface area contributed by atoms with E-state index in [1.807, 2.05) is 18.2 Å². The number of benzene rings is 2. The third-order valence-electron chi connectivity index (χ3n) is 5.87. The lowest BCUT2D eigenvalue weighted by Gasteiger charge is -2.35. The number of amides is 1. The van der Waals surface area contributed by atoms with Gasteiger partial charge in [0.1, 0.15) is 0 Å². The van der Waals surface area contributed by atoms with Crippen molar-refractivity contribution in [3.63, 3.8) is 0 Å². The molecule has 1 aliphatic rings. The summed E-state index contributed by atoms with van der Waals surface area (Å²) >= 11 is 6.06. The summed E-state index contributed by atoms with van der Waals surface area (Å²) < 4.78 is 40.6. The first kappa shape index (κ1) is 23.8. The molecular formula is C24H22ClF3N4O2. The van der Waals surface area contributed by atoms with Crippen LogP contribution in [0, 0.1) is 13.8 Å². The number of ketones is 1. The Morgan fingerprint density at radius 2 is 1.59 bits per heavy atom. The first-order valence-corrected chi connectivity index (χ1v) is 11.0. The fraction of sp³-hybridized carbons (Fsp3) is 0.292. The van der Waals surface area contributed by atoms with Crippen LogP contribution in [-0.2, 0) is 11.0 Å². The molecule has 2 aromatic carbocycles. The van der Waals surface area contributed by atoms with Crippen LogP contribution in [0.5, 0.6) is 0 Å². The van der Waals surface area contributed by atoms with Crippen LogP contribution in [0.25, 0.3) is 5.69 Å². The van der Waals surface area contributed by atoms with Gasteiger partial charge >= 0.3 is 6.18 Å². The van der Waals surface area contributed by atoms with Crippen molar-refractivity contribution >= 4 is 29.0 Å². The monoisotopic (exact) mass is 490 g/mol. The molecular weight excluding hydrogens is 469 g/mol. The van der Waals surface area contributed by atoms with Gasteiger partial charge in [-0.25, -0.2) is 4.68 Å². The highest BCUT2D eigenvalue weighted by Crippen LogP contribution is 2.31. The molecule has 34 heavy (non-hydrogen) atoms. The summed E-state index contributed by atoms with van der Waals surface area (Å²) in [4.78, 5) is 29.7. The standard InChI is InChI=1S/C24H22ClF3N4O2/c1-15-21(16(2)32(29-15)20-8-3-5-17(13-20)24(26,27)28)22(33)23(34)31-11-9-30(10-12-31)19-7-4-6-18(25)14-19/h3-8,13-14H,9-12H2,1-2H3. The summed E-state index contributed by atoms with van der Waals surface area (Å²) in [6.45, 7) is 4.93. The lowest BCUT2D eigenvalue weighted by molar-refractivity contribution is -0.137. The van der Waals surface area contributed by atoms with Crippen LogP contribution >= 0.6 is 11.6 Å². The Hall–Kier alpha value is -3.33. The number of anilines is 1. The van der Waals surface area contributed by atoms with E-state index < -0.39 is 23.4 Å². The molecule has 0 saturated carbocycles. The molecule has 10 heteroatoms. The SMILES string of the molecule is Cc1nn(-c2cccc(C(F)(F)F)c2)c(C)c1C(=O)C(=O)N1CCN(c2cccc(Cl)c2)CC1. The number of aromatic nitrogens is 2. The van der Waals surface area contributed by atoms with Crippen LogP contribution in [0.4, 0.5) is 18.9 Å². The predicted molar refractivity (Wildman–Crippen MR) is 123 cm³/mol. The Kier molecular flexibility index (Phi) is 6.40. The molecule has 0 aliphatic carbocycles. The van der Waals surface area contributed by atoms with Crippen molar-refractivity contribution in [3.8, 4) is 5.69 Å². The van der Waals surface area contributed by atoms with Crippen LogP contribution in [0.2, 0.25) is 5.02 Å². The zero-order valence-corrected chi connectivity index (χ0v) is 19.3. The minimum Gasteiger partial charge on any atom is -0.368 e. The highest BCUT2D eigenvalue weighted by atomic mass is 35.5. The van der Waals surface area contributed by atoms with E-state index in [9.17, 15) is 22.8 Å². The fourth-order valence-electron chi connectivity index (χ4n) is 4.13. The summed E-state index contributed by atoms with van der Waals surface area (Å²) in [6.07, 6.45) is -4.51. The van der Waals surface area contributed by atoms with Crippen LogP contribution in [0.15, 0.2) is 48.5 Å². The van der Waals surface area contributed by atoms with E-state index in [0.29, 0.717) is 36.9 Å². The molecule has 0 bridgehead atoms. The van der Waals surface area contributed by atoms with Crippen molar-refractivity contribution in [2.45, 2.75) is 20.0 Å². The third-order valence-corrected chi connectivity index (χ3v) is 6.11. The second-order valence-corrected chi connectivity index (χ2v) is 8.53. The average Bonchev–Trinajstić information content (AvgIpc) is 3.11. The van der Waals surface area contributed by atoms with E-state index in [-0.39, 0.29) is 16.9 Å². The number of alkyl halides is 3. The van der Waals surface area contributed by atoms with Crippen molar-refractivity contribution in [1.82, 2.24) is 14.7 Å². The molecule has 1 aliphatic heterocycles. The van der Waals surface area contributed by atoms with Gasteiger partial charge in [0, 0.05) is 36.9 Å². The molecule has 4 rings (SSSR count). The molecule has 0 spiro atoms. The second kappa shape index (κ2) is 9.13. The predicted octanol–water partition coefficient (Wildman–Crippen LogP) is 4.69.